The molecule has 130 valence electrons. The van der Waals surface area contributed by atoms with E-state index in [2.05, 4.69) is 14.6 Å². The van der Waals surface area contributed by atoms with Crippen molar-refractivity contribution < 1.29 is 13.2 Å². The molecule has 2 rings (SSSR count). The maximum Gasteiger partial charge on any atom is 0.279 e. The van der Waals surface area contributed by atoms with Crippen LogP contribution in [0.2, 0.25) is 0 Å². The van der Waals surface area contributed by atoms with Gasteiger partial charge in [0.15, 0.2) is 0 Å². The number of ether oxygens (including phenoxy) is 1. The van der Waals surface area contributed by atoms with Crippen molar-refractivity contribution in [1.29, 1.82) is 0 Å². The number of pyridine rings is 1. The van der Waals surface area contributed by atoms with E-state index in [0.717, 1.165) is 18.8 Å². The van der Waals surface area contributed by atoms with Crippen LogP contribution in [0.5, 0.6) is 0 Å². The average molecular weight is 342 g/mol. The lowest BCUT2D eigenvalue weighted by Crippen LogP contribution is -2.47. The van der Waals surface area contributed by atoms with Gasteiger partial charge < -0.3 is 4.74 Å². The minimum Gasteiger partial charge on any atom is -0.379 e. The van der Waals surface area contributed by atoms with Gasteiger partial charge in [-0.15, -0.1) is 0 Å². The standard InChI is InChI=1S/C15H26N4O3S/c1-3-19(4-2)23(20,21)17-13-15(14-7-5-6-8-16-14)18-9-11-22-12-10-18/h5-8,15,17H,3-4,9-13H2,1-2H3/t15-/m0/s1. The fourth-order valence-electron chi connectivity index (χ4n) is 2.72. The van der Waals surface area contributed by atoms with Crippen LogP contribution in [0.15, 0.2) is 24.4 Å². The lowest BCUT2D eigenvalue weighted by Gasteiger charge is -2.34. The largest absolute Gasteiger partial charge is 0.379 e. The highest BCUT2D eigenvalue weighted by atomic mass is 32.2. The summed E-state index contributed by atoms with van der Waals surface area (Å²) in [5.41, 5.74) is 0.872. The summed E-state index contributed by atoms with van der Waals surface area (Å²) >= 11 is 0. The predicted molar refractivity (Wildman–Crippen MR) is 89.2 cm³/mol. The van der Waals surface area contributed by atoms with Crippen LogP contribution in [-0.4, -0.2) is 68.5 Å². The Hall–Kier alpha value is -1.06. The predicted octanol–water partition coefficient (Wildman–Crippen LogP) is 0.631. The molecule has 1 atom stereocenters. The number of nitrogens with one attached hydrogen (secondary N) is 1. The van der Waals surface area contributed by atoms with E-state index in [4.69, 9.17) is 4.74 Å². The number of rotatable bonds is 8. The fraction of sp³-hybridized carbons (Fsp3) is 0.667. The summed E-state index contributed by atoms with van der Waals surface area (Å²) in [4.78, 5) is 6.63. The Kier molecular flexibility index (Phi) is 6.91. The SMILES string of the molecule is CCN(CC)S(=O)(=O)NC[C@@H](c1ccccn1)N1CCOCC1. The lowest BCUT2D eigenvalue weighted by molar-refractivity contribution is 0.0163. The van der Waals surface area contributed by atoms with Crippen LogP contribution in [0.25, 0.3) is 0 Å². The van der Waals surface area contributed by atoms with E-state index in [9.17, 15) is 8.42 Å². The molecule has 0 unspecified atom stereocenters. The molecule has 1 saturated heterocycles. The van der Waals surface area contributed by atoms with Crippen molar-refractivity contribution in [2.45, 2.75) is 19.9 Å². The highest BCUT2D eigenvalue weighted by Crippen LogP contribution is 2.19. The van der Waals surface area contributed by atoms with E-state index in [1.54, 1.807) is 6.20 Å². The van der Waals surface area contributed by atoms with Crippen molar-refractivity contribution in [3.63, 3.8) is 0 Å². The molecule has 0 spiro atoms. The second kappa shape index (κ2) is 8.70. The summed E-state index contributed by atoms with van der Waals surface area (Å²) in [6.07, 6.45) is 1.74. The number of hydrogen-bond donors (Lipinski definition) is 1. The highest BCUT2D eigenvalue weighted by Gasteiger charge is 2.26. The molecule has 7 nitrogen and oxygen atoms in total. The molecule has 0 aliphatic carbocycles. The normalized spacial score (nSPS) is 18.2. The van der Waals surface area contributed by atoms with Crippen LogP contribution in [-0.2, 0) is 14.9 Å². The summed E-state index contributed by atoms with van der Waals surface area (Å²) in [7, 11) is -3.47. The Morgan fingerprint density at radius 3 is 2.57 bits per heavy atom. The fourth-order valence-corrected chi connectivity index (χ4v) is 3.95. The van der Waals surface area contributed by atoms with E-state index in [1.807, 2.05) is 32.0 Å². The summed E-state index contributed by atoms with van der Waals surface area (Å²) in [6, 6.07) is 5.63. The van der Waals surface area contributed by atoms with Gasteiger partial charge in [0.2, 0.25) is 0 Å². The molecular formula is C15H26N4O3S. The number of morpholine rings is 1. The van der Waals surface area contributed by atoms with Crippen molar-refractivity contribution in [1.82, 2.24) is 18.9 Å². The monoisotopic (exact) mass is 342 g/mol. The van der Waals surface area contributed by atoms with Gasteiger partial charge >= 0.3 is 0 Å². The molecule has 2 heterocycles. The molecule has 0 aromatic carbocycles. The zero-order valence-corrected chi connectivity index (χ0v) is 14.6. The van der Waals surface area contributed by atoms with E-state index in [0.29, 0.717) is 32.8 Å². The molecule has 23 heavy (non-hydrogen) atoms. The Balaban J connectivity index is 2.12. The van der Waals surface area contributed by atoms with Gasteiger partial charge in [0, 0.05) is 38.9 Å². The van der Waals surface area contributed by atoms with Crippen LogP contribution < -0.4 is 4.72 Å². The Labute approximate surface area is 138 Å². The van der Waals surface area contributed by atoms with E-state index >= 15 is 0 Å². The first-order valence-corrected chi connectivity index (χ1v) is 9.50. The zero-order chi connectivity index (χ0) is 16.7. The minimum atomic E-state index is -3.47. The van der Waals surface area contributed by atoms with Crippen molar-refractivity contribution in [2.75, 3.05) is 45.9 Å². The third kappa shape index (κ3) is 4.95. The smallest absolute Gasteiger partial charge is 0.279 e. The van der Waals surface area contributed by atoms with Crippen molar-refractivity contribution in [2.24, 2.45) is 0 Å². The summed E-state index contributed by atoms with van der Waals surface area (Å²) in [6.45, 7) is 7.74. The molecule has 1 fully saturated rings. The molecule has 0 saturated carbocycles. The summed E-state index contributed by atoms with van der Waals surface area (Å²) < 4.78 is 34.3. The molecule has 1 aromatic rings. The van der Waals surface area contributed by atoms with Crippen molar-refractivity contribution >= 4 is 10.2 Å². The molecule has 1 N–H and O–H groups in total. The third-order valence-corrected chi connectivity index (χ3v) is 5.75. The second-order valence-electron chi connectivity index (χ2n) is 5.36. The minimum absolute atomic E-state index is 0.0922. The molecule has 0 amide bonds. The van der Waals surface area contributed by atoms with E-state index in [-0.39, 0.29) is 6.04 Å². The van der Waals surface area contributed by atoms with Gasteiger partial charge in [-0.25, -0.2) is 4.72 Å². The van der Waals surface area contributed by atoms with Crippen LogP contribution >= 0.6 is 0 Å². The van der Waals surface area contributed by atoms with Crippen LogP contribution in [0.3, 0.4) is 0 Å². The van der Waals surface area contributed by atoms with Gasteiger partial charge in [0.25, 0.3) is 10.2 Å². The Morgan fingerprint density at radius 2 is 2.00 bits per heavy atom. The molecule has 0 radical (unpaired) electrons. The summed E-state index contributed by atoms with van der Waals surface area (Å²) in [5, 5.41) is 0. The van der Waals surface area contributed by atoms with Gasteiger partial charge in [-0.1, -0.05) is 19.9 Å². The van der Waals surface area contributed by atoms with Gasteiger partial charge in [0.1, 0.15) is 0 Å². The Bertz CT molecular complexity index is 557. The van der Waals surface area contributed by atoms with Crippen molar-refractivity contribution in [3.8, 4) is 0 Å². The maximum atomic E-state index is 12.4. The number of hydrogen-bond acceptors (Lipinski definition) is 5. The molecule has 1 aliphatic heterocycles. The number of nitrogens with zero attached hydrogens (tertiary/aromatic N) is 3. The first-order chi connectivity index (χ1) is 11.1. The first-order valence-electron chi connectivity index (χ1n) is 8.06. The molecule has 8 heteroatoms. The van der Waals surface area contributed by atoms with Gasteiger partial charge in [-0.2, -0.15) is 12.7 Å². The van der Waals surface area contributed by atoms with Crippen LogP contribution in [0.4, 0.5) is 0 Å². The highest BCUT2D eigenvalue weighted by molar-refractivity contribution is 7.87. The molecular weight excluding hydrogens is 316 g/mol. The van der Waals surface area contributed by atoms with Gasteiger partial charge in [-0.05, 0) is 12.1 Å². The zero-order valence-electron chi connectivity index (χ0n) is 13.8. The second-order valence-corrected chi connectivity index (χ2v) is 7.11. The number of aromatic nitrogens is 1. The van der Waals surface area contributed by atoms with Crippen molar-refractivity contribution in [3.05, 3.63) is 30.1 Å². The topological polar surface area (TPSA) is 74.8 Å². The lowest BCUT2D eigenvalue weighted by atomic mass is 10.1. The molecule has 1 aromatic heterocycles. The quantitative estimate of drug-likeness (QED) is 0.750. The Morgan fingerprint density at radius 1 is 1.30 bits per heavy atom. The van der Waals surface area contributed by atoms with Gasteiger partial charge in [0.05, 0.1) is 24.9 Å². The van der Waals surface area contributed by atoms with Gasteiger partial charge in [-0.3, -0.25) is 9.88 Å². The van der Waals surface area contributed by atoms with E-state index < -0.39 is 10.2 Å². The first kappa shape index (κ1) is 18.3. The molecule has 0 bridgehead atoms. The van der Waals surface area contributed by atoms with Crippen LogP contribution in [0, 0.1) is 0 Å². The van der Waals surface area contributed by atoms with Crippen LogP contribution in [0.1, 0.15) is 25.6 Å². The maximum absolute atomic E-state index is 12.4. The third-order valence-electron chi connectivity index (χ3n) is 4.02. The molecule has 1 aliphatic rings. The summed E-state index contributed by atoms with van der Waals surface area (Å²) in [5.74, 6) is 0. The van der Waals surface area contributed by atoms with E-state index in [1.165, 1.54) is 4.31 Å². The average Bonchev–Trinajstić information content (AvgIpc) is 2.58.